The first-order chi connectivity index (χ1) is 41.4. The fourth-order valence-corrected chi connectivity index (χ4v) is 15.3. The average Bonchev–Trinajstić information content (AvgIpc) is 1.62. The molecule has 14 aromatic rings. The molecule has 0 bridgehead atoms. The molecule has 12 aromatic carbocycles. The van der Waals surface area contributed by atoms with Gasteiger partial charge in [-0.3, -0.25) is 0 Å². The Morgan fingerprint density at radius 1 is 0.333 bits per heavy atom. The molecule has 0 radical (unpaired) electrons. The van der Waals surface area contributed by atoms with Crippen LogP contribution in [-0.2, 0) is 38.5 Å². The first-order valence-corrected chi connectivity index (χ1v) is 31.2. The van der Waals surface area contributed by atoms with Crippen LogP contribution in [-0.4, -0.2) is 9.13 Å². The zero-order valence-corrected chi connectivity index (χ0v) is 48.9. The number of anilines is 6. The molecular formula is C80H70N4. The number of para-hydroxylation sites is 2. The molecule has 2 aliphatic carbocycles. The summed E-state index contributed by atoms with van der Waals surface area (Å²) in [6.07, 6.45) is 13.3. The molecule has 2 heterocycles. The number of aromatic nitrogens is 2. The first-order valence-electron chi connectivity index (χ1n) is 31.2. The van der Waals surface area contributed by atoms with Crippen LogP contribution >= 0.6 is 0 Å². The van der Waals surface area contributed by atoms with Crippen molar-refractivity contribution in [2.75, 3.05) is 9.80 Å². The molecule has 4 heteroatoms. The minimum atomic E-state index is 0.981. The molecule has 0 amide bonds. The van der Waals surface area contributed by atoms with Crippen LogP contribution < -0.4 is 9.80 Å². The maximum atomic E-state index is 2.69. The Bertz CT molecular complexity index is 4590. The molecule has 0 fully saturated rings. The smallest absolute Gasteiger partial charge is 0.0561 e. The van der Waals surface area contributed by atoms with Crippen LogP contribution in [0.4, 0.5) is 34.1 Å². The summed E-state index contributed by atoms with van der Waals surface area (Å²) >= 11 is 0. The molecule has 410 valence electrons. The predicted molar refractivity (Wildman–Crippen MR) is 359 cm³/mol. The van der Waals surface area contributed by atoms with Gasteiger partial charge in [0.05, 0.1) is 33.4 Å². The Hall–Kier alpha value is -9.12. The predicted octanol–water partition coefficient (Wildman–Crippen LogP) is 22.0. The Morgan fingerprint density at radius 3 is 1.17 bits per heavy atom. The number of nitrogens with zero attached hydrogens (tertiary/aromatic N) is 4. The van der Waals surface area contributed by atoms with Crippen LogP contribution in [0.5, 0.6) is 0 Å². The summed E-state index contributed by atoms with van der Waals surface area (Å²) in [7, 11) is 0. The normalized spacial score (nSPS) is 13.5. The summed E-state index contributed by atoms with van der Waals surface area (Å²) < 4.78 is 4.98. The van der Waals surface area contributed by atoms with Crippen molar-refractivity contribution in [3.05, 3.63) is 251 Å². The van der Waals surface area contributed by atoms with Gasteiger partial charge in [0.25, 0.3) is 0 Å². The molecular weight excluding hydrogens is 1020 g/mol. The van der Waals surface area contributed by atoms with Crippen molar-refractivity contribution in [2.24, 2.45) is 0 Å². The minimum Gasteiger partial charge on any atom is -0.309 e. The van der Waals surface area contributed by atoms with Crippen LogP contribution in [0, 0.1) is 13.8 Å². The van der Waals surface area contributed by atoms with E-state index in [0.717, 1.165) is 51.4 Å². The lowest BCUT2D eigenvalue weighted by atomic mass is 9.85. The molecule has 84 heavy (non-hydrogen) atoms. The fraction of sp³-hybridized carbons (Fsp3) is 0.200. The first kappa shape index (κ1) is 50.6. The lowest BCUT2D eigenvalue weighted by Crippen LogP contribution is -2.17. The highest BCUT2D eigenvalue weighted by atomic mass is 15.2. The zero-order valence-electron chi connectivity index (χ0n) is 48.9. The second-order valence-electron chi connectivity index (χ2n) is 24.4. The van der Waals surface area contributed by atoms with Crippen molar-refractivity contribution >= 4 is 110 Å². The maximum Gasteiger partial charge on any atom is 0.0561 e. The minimum absolute atomic E-state index is 0.981. The lowest BCUT2D eigenvalue weighted by molar-refractivity contribution is 0.686. The molecule has 0 aliphatic heterocycles. The summed E-state index contributed by atoms with van der Waals surface area (Å²) in [4.78, 5) is 5.37. The SMILES string of the molecule is CCCc1cc(N(c2ccc3c4ccccc4n(-c4ccc(C)cc4)c3c2)c2cccc3c2CCCC3)c2ccc3c(CCC)cc(N(c4ccc5c6ccccc6n(-c6ccc(C)cc6)c5c4)c4cccc5c4CCCC5)c4ccc1c2c34. The quantitative estimate of drug-likeness (QED) is 0.113. The van der Waals surface area contributed by atoms with Crippen LogP contribution in [0.15, 0.2) is 206 Å². The van der Waals surface area contributed by atoms with Crippen molar-refractivity contribution in [3.63, 3.8) is 0 Å². The highest BCUT2D eigenvalue weighted by Gasteiger charge is 2.29. The highest BCUT2D eigenvalue weighted by Crippen LogP contribution is 2.53. The molecule has 2 aliphatic rings. The second-order valence-corrected chi connectivity index (χ2v) is 24.4. The number of fused-ring (bicyclic) bond motifs is 8. The Kier molecular flexibility index (Phi) is 12.3. The maximum absolute atomic E-state index is 2.69. The summed E-state index contributed by atoms with van der Waals surface area (Å²) in [6, 6.07) is 80.2. The number of aryl methyl sites for hydroxylation is 6. The van der Waals surface area contributed by atoms with Gasteiger partial charge >= 0.3 is 0 Å². The van der Waals surface area contributed by atoms with Crippen molar-refractivity contribution in [1.29, 1.82) is 0 Å². The number of hydrogen-bond donors (Lipinski definition) is 0. The van der Waals surface area contributed by atoms with E-state index in [2.05, 4.69) is 253 Å². The zero-order chi connectivity index (χ0) is 56.2. The lowest BCUT2D eigenvalue weighted by Gasteiger charge is -2.33. The van der Waals surface area contributed by atoms with Gasteiger partial charge in [-0.05, 0) is 218 Å². The van der Waals surface area contributed by atoms with Crippen molar-refractivity contribution in [1.82, 2.24) is 9.13 Å². The molecule has 16 rings (SSSR count). The molecule has 0 atom stereocenters. The Morgan fingerprint density at radius 2 is 0.726 bits per heavy atom. The second kappa shape index (κ2) is 20.3. The van der Waals surface area contributed by atoms with Crippen molar-refractivity contribution in [3.8, 4) is 11.4 Å². The van der Waals surface area contributed by atoms with Crippen LogP contribution in [0.2, 0.25) is 0 Å². The van der Waals surface area contributed by atoms with Crippen molar-refractivity contribution < 1.29 is 0 Å². The van der Waals surface area contributed by atoms with Gasteiger partial charge in [-0.25, -0.2) is 0 Å². The van der Waals surface area contributed by atoms with Crippen molar-refractivity contribution in [2.45, 2.75) is 105 Å². The molecule has 0 unspecified atom stereocenters. The number of hydrogen-bond acceptors (Lipinski definition) is 2. The largest absolute Gasteiger partial charge is 0.309 e. The monoisotopic (exact) mass is 1090 g/mol. The van der Waals surface area contributed by atoms with E-state index in [9.17, 15) is 0 Å². The highest BCUT2D eigenvalue weighted by molar-refractivity contribution is 6.29. The van der Waals surface area contributed by atoms with Gasteiger partial charge in [0.15, 0.2) is 0 Å². The van der Waals surface area contributed by atoms with E-state index in [0.29, 0.717) is 0 Å². The van der Waals surface area contributed by atoms with Gasteiger partial charge in [0.1, 0.15) is 0 Å². The van der Waals surface area contributed by atoms with E-state index in [1.54, 1.807) is 0 Å². The standard InChI is InChI=1S/C80H70N4/c1-5-17-55-47-75(83(71-29-15-21-53-19-7-9-23-61(53)71)59-39-41-67-65-25-11-13-27-73(65)81(77(67)49-59)57-35-31-51(3)32-36-57)69-46-44-64-56(18-6-2)48-76(70-45-43-63(55)79(69)80(64)70)84(72-30-16-22-54-20-8-10-24-62(54)72)60-40-42-68-66-26-12-14-28-74(66)82(78(68)50-60)58-37-33-52(4)34-38-58/h11-16,21-22,25-50H,5-10,17-20,23-24H2,1-4H3. The van der Waals surface area contributed by atoms with E-state index in [1.165, 1.54) is 192 Å². The third-order valence-corrected chi connectivity index (χ3v) is 19.2. The third-order valence-electron chi connectivity index (χ3n) is 19.2. The topological polar surface area (TPSA) is 16.3 Å². The summed E-state index contributed by atoms with van der Waals surface area (Å²) in [6.45, 7) is 9.07. The molecule has 0 saturated heterocycles. The van der Waals surface area contributed by atoms with Crippen LogP contribution in [0.1, 0.15) is 96.9 Å². The summed E-state index contributed by atoms with van der Waals surface area (Å²) in [5, 5.41) is 13.1. The van der Waals surface area contributed by atoms with E-state index in [1.807, 2.05) is 0 Å². The Balaban J connectivity index is 0.993. The fourth-order valence-electron chi connectivity index (χ4n) is 15.3. The number of benzene rings is 12. The molecule has 0 spiro atoms. The Labute approximate surface area is 493 Å². The molecule has 2 aromatic heterocycles. The summed E-state index contributed by atoms with van der Waals surface area (Å²) in [5.41, 5.74) is 26.0. The third kappa shape index (κ3) is 8.01. The molecule has 0 saturated carbocycles. The molecule has 4 nitrogen and oxygen atoms in total. The van der Waals surface area contributed by atoms with Crippen LogP contribution in [0.3, 0.4) is 0 Å². The average molecular weight is 1090 g/mol. The van der Waals surface area contributed by atoms with E-state index < -0.39 is 0 Å². The van der Waals surface area contributed by atoms with Gasteiger partial charge in [-0.1, -0.05) is 159 Å². The van der Waals surface area contributed by atoms with Crippen LogP contribution in [0.25, 0.3) is 87.3 Å². The van der Waals surface area contributed by atoms with Gasteiger partial charge in [0.2, 0.25) is 0 Å². The van der Waals surface area contributed by atoms with E-state index in [-0.39, 0.29) is 0 Å². The molecule has 0 N–H and O–H groups in total. The number of rotatable bonds is 12. The van der Waals surface area contributed by atoms with E-state index in [4.69, 9.17) is 0 Å². The van der Waals surface area contributed by atoms with Gasteiger partial charge in [0, 0.05) is 66.4 Å². The van der Waals surface area contributed by atoms with Gasteiger partial charge < -0.3 is 18.9 Å². The summed E-state index contributed by atoms with van der Waals surface area (Å²) in [5.74, 6) is 0. The van der Waals surface area contributed by atoms with E-state index >= 15 is 0 Å². The van der Waals surface area contributed by atoms with Gasteiger partial charge in [-0.2, -0.15) is 0 Å². The van der Waals surface area contributed by atoms with Gasteiger partial charge in [-0.15, -0.1) is 0 Å².